The Bertz CT molecular complexity index is 561. The molecule has 0 heterocycles. The van der Waals surface area contributed by atoms with Crippen LogP contribution in [-0.2, 0) is 14.3 Å². The summed E-state index contributed by atoms with van der Waals surface area (Å²) in [5, 5.41) is 3.57. The quantitative estimate of drug-likeness (QED) is 0.796. The Hall–Kier alpha value is -1.75. The maximum absolute atomic E-state index is 12.2. The Labute approximate surface area is 147 Å². The summed E-state index contributed by atoms with van der Waals surface area (Å²) in [6.07, 6.45) is 3.60. The molecule has 5 nitrogen and oxygen atoms in total. The van der Waals surface area contributed by atoms with Crippen molar-refractivity contribution in [3.8, 4) is 5.75 Å². The number of carbonyl (C=O) groups excluding carboxylic acids is 2. The number of carbonyl (C=O) groups is 2. The maximum Gasteiger partial charge on any atom is 0.344 e. The zero-order chi connectivity index (χ0) is 17.5. The van der Waals surface area contributed by atoms with Crippen LogP contribution in [0, 0.1) is 5.92 Å². The van der Waals surface area contributed by atoms with Gasteiger partial charge in [-0.25, -0.2) is 4.79 Å². The average molecular weight is 354 g/mol. The lowest BCUT2D eigenvalue weighted by Gasteiger charge is -2.30. The maximum atomic E-state index is 12.2. The summed E-state index contributed by atoms with van der Waals surface area (Å²) in [7, 11) is 0. The van der Waals surface area contributed by atoms with Crippen LogP contribution in [0.3, 0.4) is 0 Å². The summed E-state index contributed by atoms with van der Waals surface area (Å²) < 4.78 is 10.4. The minimum Gasteiger partial charge on any atom is -0.482 e. The van der Waals surface area contributed by atoms with Crippen molar-refractivity contribution in [1.29, 1.82) is 0 Å². The number of hydrogen-bond acceptors (Lipinski definition) is 4. The predicted molar refractivity (Wildman–Crippen MR) is 92.1 cm³/mol. The molecule has 132 valence electrons. The van der Waals surface area contributed by atoms with Crippen LogP contribution in [-0.4, -0.2) is 30.6 Å². The van der Waals surface area contributed by atoms with Gasteiger partial charge in [0.2, 0.25) is 0 Å². The Morgan fingerprint density at radius 1 is 1.25 bits per heavy atom. The Morgan fingerprint density at radius 3 is 2.58 bits per heavy atom. The molecule has 1 saturated carbocycles. The number of nitrogens with one attached hydrogen (secondary N) is 1. The zero-order valence-corrected chi connectivity index (χ0v) is 14.8. The summed E-state index contributed by atoms with van der Waals surface area (Å²) >= 11 is 5.78. The van der Waals surface area contributed by atoms with Crippen molar-refractivity contribution >= 4 is 23.5 Å². The third-order valence-electron chi connectivity index (χ3n) is 4.29. The summed E-state index contributed by atoms with van der Waals surface area (Å²) in [6.45, 7) is 3.46. The molecule has 0 aliphatic heterocycles. The third kappa shape index (κ3) is 5.71. The number of esters is 1. The molecule has 1 amide bonds. The van der Waals surface area contributed by atoms with Crippen LogP contribution in [0.5, 0.6) is 5.75 Å². The molecular formula is C18H24ClNO4. The molecule has 24 heavy (non-hydrogen) atoms. The number of halogens is 1. The van der Waals surface area contributed by atoms with Crippen LogP contribution in [0.2, 0.25) is 5.02 Å². The Morgan fingerprint density at radius 2 is 1.92 bits per heavy atom. The fraction of sp³-hybridized carbons (Fsp3) is 0.556. The molecule has 1 aliphatic carbocycles. The van der Waals surface area contributed by atoms with E-state index in [9.17, 15) is 9.59 Å². The van der Waals surface area contributed by atoms with Gasteiger partial charge in [0.25, 0.3) is 5.91 Å². The number of ether oxygens (including phenoxy) is 2. The second-order valence-corrected chi connectivity index (χ2v) is 6.69. The van der Waals surface area contributed by atoms with Crippen molar-refractivity contribution in [1.82, 2.24) is 5.32 Å². The smallest absolute Gasteiger partial charge is 0.344 e. The first kappa shape index (κ1) is 18.6. The van der Waals surface area contributed by atoms with Gasteiger partial charge in [0, 0.05) is 11.1 Å². The van der Waals surface area contributed by atoms with E-state index < -0.39 is 12.1 Å². The summed E-state index contributed by atoms with van der Waals surface area (Å²) in [5.74, 6) is 0.140. The zero-order valence-electron chi connectivity index (χ0n) is 14.1. The molecule has 2 rings (SSSR count). The van der Waals surface area contributed by atoms with Crippen LogP contribution in [0.15, 0.2) is 24.3 Å². The molecule has 1 aromatic rings. The molecule has 0 aromatic heterocycles. The van der Waals surface area contributed by atoms with Gasteiger partial charge in [0.05, 0.1) is 0 Å². The van der Waals surface area contributed by atoms with Crippen molar-refractivity contribution in [3.63, 3.8) is 0 Å². The van der Waals surface area contributed by atoms with E-state index in [1.807, 2.05) is 0 Å². The van der Waals surface area contributed by atoms with Gasteiger partial charge >= 0.3 is 5.97 Å². The fourth-order valence-corrected chi connectivity index (χ4v) is 2.91. The molecular weight excluding hydrogens is 330 g/mol. The van der Waals surface area contributed by atoms with Gasteiger partial charge in [-0.3, -0.25) is 4.79 Å². The third-order valence-corrected chi connectivity index (χ3v) is 4.54. The first-order chi connectivity index (χ1) is 11.5. The van der Waals surface area contributed by atoms with E-state index in [0.29, 0.717) is 16.7 Å². The molecule has 3 atom stereocenters. The van der Waals surface area contributed by atoms with Crippen molar-refractivity contribution in [2.45, 2.75) is 51.7 Å². The molecule has 1 aliphatic rings. The van der Waals surface area contributed by atoms with Gasteiger partial charge in [-0.1, -0.05) is 31.4 Å². The SMILES string of the molecule is C[C@@H]1CCCC[C@@H]1NC(=O)[C@@H](C)OC(=O)COc1ccc(Cl)cc1. The highest BCUT2D eigenvalue weighted by Crippen LogP contribution is 2.23. The van der Waals surface area contributed by atoms with Gasteiger partial charge in [-0.2, -0.15) is 0 Å². The standard InChI is InChI=1S/C18H24ClNO4/c1-12-5-3-4-6-16(12)20-18(22)13(2)24-17(21)11-23-15-9-7-14(19)8-10-15/h7-10,12-13,16H,3-6,11H2,1-2H3,(H,20,22)/t12-,13-,16+/m1/s1. The second-order valence-electron chi connectivity index (χ2n) is 6.25. The minimum atomic E-state index is -0.833. The lowest BCUT2D eigenvalue weighted by molar-refractivity contribution is -0.157. The van der Waals surface area contributed by atoms with Crippen molar-refractivity contribution in [3.05, 3.63) is 29.3 Å². The summed E-state index contributed by atoms with van der Waals surface area (Å²) in [4.78, 5) is 24.0. The lowest BCUT2D eigenvalue weighted by atomic mass is 9.86. The topological polar surface area (TPSA) is 64.6 Å². The Balaban J connectivity index is 1.73. The summed E-state index contributed by atoms with van der Waals surface area (Å²) in [6, 6.07) is 6.83. The van der Waals surface area contributed by atoms with E-state index in [1.165, 1.54) is 6.42 Å². The molecule has 1 aromatic carbocycles. The van der Waals surface area contributed by atoms with Crippen molar-refractivity contribution < 1.29 is 19.1 Å². The number of rotatable bonds is 6. The van der Waals surface area contributed by atoms with Crippen molar-refractivity contribution in [2.24, 2.45) is 5.92 Å². The van der Waals surface area contributed by atoms with Gasteiger partial charge in [0.1, 0.15) is 5.75 Å². The normalized spacial score (nSPS) is 21.6. The largest absolute Gasteiger partial charge is 0.482 e. The van der Waals surface area contributed by atoms with E-state index in [2.05, 4.69) is 12.2 Å². The van der Waals surface area contributed by atoms with Gasteiger partial charge in [0.15, 0.2) is 12.7 Å². The van der Waals surface area contributed by atoms with Gasteiger partial charge < -0.3 is 14.8 Å². The first-order valence-electron chi connectivity index (χ1n) is 8.34. The van der Waals surface area contributed by atoms with Crippen LogP contribution in [0.4, 0.5) is 0 Å². The highest BCUT2D eigenvalue weighted by molar-refractivity contribution is 6.30. The first-order valence-corrected chi connectivity index (χ1v) is 8.71. The fourth-order valence-electron chi connectivity index (χ4n) is 2.79. The second kappa shape index (κ2) is 8.92. The highest BCUT2D eigenvalue weighted by atomic mass is 35.5. The lowest BCUT2D eigenvalue weighted by Crippen LogP contribution is -2.46. The number of hydrogen-bond donors (Lipinski definition) is 1. The van der Waals surface area contributed by atoms with Crippen LogP contribution < -0.4 is 10.1 Å². The van der Waals surface area contributed by atoms with E-state index in [-0.39, 0.29) is 18.6 Å². The molecule has 0 spiro atoms. The average Bonchev–Trinajstić information content (AvgIpc) is 2.56. The van der Waals surface area contributed by atoms with E-state index >= 15 is 0 Å². The van der Waals surface area contributed by atoms with Gasteiger partial charge in [-0.15, -0.1) is 0 Å². The molecule has 0 unspecified atom stereocenters. The van der Waals surface area contributed by atoms with Crippen LogP contribution >= 0.6 is 11.6 Å². The monoisotopic (exact) mass is 353 g/mol. The van der Waals surface area contributed by atoms with Crippen LogP contribution in [0.1, 0.15) is 39.5 Å². The molecule has 1 N–H and O–H groups in total. The predicted octanol–water partition coefficient (Wildman–Crippen LogP) is 3.35. The Kier molecular flexibility index (Phi) is 6.91. The van der Waals surface area contributed by atoms with E-state index in [0.717, 1.165) is 19.3 Å². The number of benzene rings is 1. The molecule has 1 fully saturated rings. The molecule has 6 heteroatoms. The number of amides is 1. The van der Waals surface area contributed by atoms with E-state index in [1.54, 1.807) is 31.2 Å². The van der Waals surface area contributed by atoms with Crippen molar-refractivity contribution in [2.75, 3.05) is 6.61 Å². The highest BCUT2D eigenvalue weighted by Gasteiger charge is 2.26. The van der Waals surface area contributed by atoms with Crippen LogP contribution in [0.25, 0.3) is 0 Å². The molecule has 0 saturated heterocycles. The molecule has 0 radical (unpaired) electrons. The minimum absolute atomic E-state index is 0.165. The van der Waals surface area contributed by atoms with E-state index in [4.69, 9.17) is 21.1 Å². The van der Waals surface area contributed by atoms with Gasteiger partial charge in [-0.05, 0) is 49.9 Å². The molecule has 0 bridgehead atoms. The summed E-state index contributed by atoms with van der Waals surface area (Å²) in [5.41, 5.74) is 0.